The quantitative estimate of drug-likeness (QED) is 0.709. The summed E-state index contributed by atoms with van der Waals surface area (Å²) in [6, 6.07) is 1.22. The van der Waals surface area contributed by atoms with Crippen LogP contribution in [0.3, 0.4) is 0 Å². The van der Waals surface area contributed by atoms with Crippen LogP contribution in [-0.4, -0.2) is 22.8 Å². The van der Waals surface area contributed by atoms with Gasteiger partial charge in [0.25, 0.3) is 11.8 Å². The van der Waals surface area contributed by atoms with Gasteiger partial charge in [0.1, 0.15) is 5.56 Å². The molecule has 1 aliphatic rings. The summed E-state index contributed by atoms with van der Waals surface area (Å²) >= 11 is 1.14. The molecule has 2 amide bonds. The highest BCUT2D eigenvalue weighted by molar-refractivity contribution is 7.07. The largest absolute Gasteiger partial charge is 0.368 e. The maximum Gasteiger partial charge on any atom is 0.368 e. The van der Waals surface area contributed by atoms with E-state index in [4.69, 9.17) is 0 Å². The number of nitrogens with zero attached hydrogens (tertiary/aromatic N) is 1. The molecule has 7 heteroatoms. The predicted molar refractivity (Wildman–Crippen MR) is 57.1 cm³/mol. The summed E-state index contributed by atoms with van der Waals surface area (Å²) in [5.74, 6) is -2.14. The summed E-state index contributed by atoms with van der Waals surface area (Å²) in [5.41, 5.74) is -0.696. The van der Waals surface area contributed by atoms with Gasteiger partial charge in [0.15, 0.2) is 5.43 Å². The molecule has 1 aliphatic heterocycles. The molecular weight excluding hydrogens is 246 g/mol. The Labute approximate surface area is 99.4 Å². The van der Waals surface area contributed by atoms with Crippen LogP contribution >= 0.6 is 11.3 Å². The summed E-state index contributed by atoms with van der Waals surface area (Å²) in [6.45, 7) is 0. The Morgan fingerprint density at radius 1 is 1.24 bits per heavy atom. The molecular formula is C10H7NO5S. The van der Waals surface area contributed by atoms with E-state index in [1.807, 2.05) is 0 Å². The van der Waals surface area contributed by atoms with Gasteiger partial charge in [0, 0.05) is 18.2 Å². The number of hydrogen-bond acceptors (Lipinski definition) is 6. The van der Waals surface area contributed by atoms with Crippen molar-refractivity contribution in [3.05, 3.63) is 32.6 Å². The van der Waals surface area contributed by atoms with Crippen LogP contribution < -0.4 is 5.43 Å². The van der Waals surface area contributed by atoms with Crippen LogP contribution in [0, 0.1) is 0 Å². The maximum absolute atomic E-state index is 11.6. The molecule has 1 aromatic heterocycles. The normalized spacial score (nSPS) is 15.2. The van der Waals surface area contributed by atoms with Crippen LogP contribution in [0.1, 0.15) is 23.2 Å². The molecule has 0 spiro atoms. The van der Waals surface area contributed by atoms with E-state index in [-0.39, 0.29) is 18.4 Å². The first-order valence-electron chi connectivity index (χ1n) is 4.74. The highest BCUT2D eigenvalue weighted by Gasteiger charge is 2.33. The van der Waals surface area contributed by atoms with Gasteiger partial charge >= 0.3 is 5.97 Å². The van der Waals surface area contributed by atoms with Crippen LogP contribution in [0.4, 0.5) is 0 Å². The highest BCUT2D eigenvalue weighted by Crippen LogP contribution is 2.13. The van der Waals surface area contributed by atoms with Gasteiger partial charge < -0.3 is 4.84 Å². The zero-order valence-electron chi connectivity index (χ0n) is 8.54. The lowest BCUT2D eigenvalue weighted by Gasteiger charge is -2.11. The predicted octanol–water partition coefficient (Wildman–Crippen LogP) is 0.329. The molecule has 0 atom stereocenters. The standard InChI is InChI=1S/C10H7NO5S/c12-7-3-4-17-5-6(7)10(15)16-11-8(13)1-2-9(11)14/h3-5H,1-2H2. The van der Waals surface area contributed by atoms with Crippen LogP contribution in [0.25, 0.3) is 0 Å². The average molecular weight is 253 g/mol. The number of hydrogen-bond donors (Lipinski definition) is 0. The molecule has 0 radical (unpaired) electrons. The van der Waals surface area contributed by atoms with Crippen molar-refractivity contribution in [2.45, 2.75) is 12.8 Å². The van der Waals surface area contributed by atoms with Crippen molar-refractivity contribution >= 4 is 29.1 Å². The Balaban J connectivity index is 2.18. The van der Waals surface area contributed by atoms with E-state index >= 15 is 0 Å². The van der Waals surface area contributed by atoms with Gasteiger partial charge in [-0.25, -0.2) is 4.79 Å². The van der Waals surface area contributed by atoms with Gasteiger partial charge in [-0.2, -0.15) is 11.3 Å². The lowest BCUT2D eigenvalue weighted by atomic mass is 10.3. The van der Waals surface area contributed by atoms with Crippen molar-refractivity contribution in [1.29, 1.82) is 0 Å². The van der Waals surface area contributed by atoms with Gasteiger partial charge in [-0.05, 0) is 11.4 Å². The lowest BCUT2D eigenvalue weighted by Crippen LogP contribution is -2.33. The van der Waals surface area contributed by atoms with Gasteiger partial charge in [0.2, 0.25) is 0 Å². The molecule has 1 aromatic rings. The van der Waals surface area contributed by atoms with Crippen LogP contribution in [-0.2, 0) is 14.4 Å². The van der Waals surface area contributed by atoms with Crippen molar-refractivity contribution < 1.29 is 19.2 Å². The summed E-state index contributed by atoms with van der Waals surface area (Å²) in [5, 5.41) is 3.25. The Kier molecular flexibility index (Phi) is 3.01. The molecule has 1 fully saturated rings. The number of carbonyl (C=O) groups excluding carboxylic acids is 3. The first-order chi connectivity index (χ1) is 8.09. The second-order valence-corrected chi connectivity index (χ2v) is 4.08. The van der Waals surface area contributed by atoms with Crippen LogP contribution in [0.2, 0.25) is 0 Å². The minimum absolute atomic E-state index is 0.0216. The third-order valence-corrected chi connectivity index (χ3v) is 2.81. The number of amides is 2. The fourth-order valence-electron chi connectivity index (χ4n) is 1.29. The fraction of sp³-hybridized carbons (Fsp3) is 0.200. The molecule has 2 heterocycles. The zero-order valence-corrected chi connectivity index (χ0v) is 9.36. The second kappa shape index (κ2) is 4.46. The van der Waals surface area contributed by atoms with Crippen molar-refractivity contribution in [3.8, 4) is 0 Å². The highest BCUT2D eigenvalue weighted by atomic mass is 32.1. The van der Waals surface area contributed by atoms with E-state index in [9.17, 15) is 19.2 Å². The summed E-state index contributed by atoms with van der Waals surface area (Å²) in [7, 11) is 0. The second-order valence-electron chi connectivity index (χ2n) is 3.30. The molecule has 0 aromatic carbocycles. The van der Waals surface area contributed by atoms with Crippen molar-refractivity contribution in [2.75, 3.05) is 0 Å². The van der Waals surface area contributed by atoms with Crippen molar-refractivity contribution in [2.24, 2.45) is 0 Å². The SMILES string of the molecule is O=C(ON1C(=O)CCC1=O)c1csccc1=O. The first-order valence-corrected chi connectivity index (χ1v) is 5.68. The molecule has 0 N–H and O–H groups in total. The Morgan fingerprint density at radius 3 is 2.47 bits per heavy atom. The first kappa shape index (κ1) is 11.5. The summed E-state index contributed by atoms with van der Waals surface area (Å²) in [4.78, 5) is 49.8. The summed E-state index contributed by atoms with van der Waals surface area (Å²) in [6.07, 6.45) is 0.0432. The monoisotopic (exact) mass is 253 g/mol. The third kappa shape index (κ3) is 2.23. The third-order valence-electron chi connectivity index (χ3n) is 2.15. The van der Waals surface area contributed by atoms with Gasteiger partial charge in [-0.3, -0.25) is 14.4 Å². The Morgan fingerprint density at radius 2 is 1.88 bits per heavy atom. The molecule has 0 saturated carbocycles. The molecule has 6 nitrogen and oxygen atoms in total. The van der Waals surface area contributed by atoms with Crippen molar-refractivity contribution in [3.63, 3.8) is 0 Å². The van der Waals surface area contributed by atoms with Crippen molar-refractivity contribution in [1.82, 2.24) is 5.06 Å². The van der Waals surface area contributed by atoms with Gasteiger partial charge in [-0.1, -0.05) is 0 Å². The Bertz CT molecular complexity index is 534. The molecule has 0 bridgehead atoms. The smallest absolute Gasteiger partial charge is 0.325 e. The summed E-state index contributed by atoms with van der Waals surface area (Å²) < 4.78 is 0. The van der Waals surface area contributed by atoms with E-state index in [0.29, 0.717) is 5.06 Å². The molecule has 17 heavy (non-hydrogen) atoms. The minimum atomic E-state index is -0.990. The lowest BCUT2D eigenvalue weighted by molar-refractivity contribution is -0.172. The fourth-order valence-corrected chi connectivity index (χ4v) is 1.92. The van der Waals surface area contributed by atoms with E-state index < -0.39 is 23.2 Å². The van der Waals surface area contributed by atoms with Gasteiger partial charge in [-0.15, -0.1) is 5.06 Å². The molecule has 88 valence electrons. The van der Waals surface area contributed by atoms with E-state index in [1.54, 1.807) is 0 Å². The van der Waals surface area contributed by atoms with Crippen LogP contribution in [0.5, 0.6) is 0 Å². The number of hydroxylamine groups is 2. The zero-order chi connectivity index (χ0) is 12.4. The minimum Gasteiger partial charge on any atom is -0.325 e. The van der Waals surface area contributed by atoms with E-state index in [0.717, 1.165) is 11.3 Å². The number of rotatable bonds is 2. The van der Waals surface area contributed by atoms with E-state index in [1.165, 1.54) is 16.8 Å². The average Bonchev–Trinajstić information content (AvgIpc) is 2.61. The van der Waals surface area contributed by atoms with E-state index in [2.05, 4.69) is 4.84 Å². The number of imide groups is 1. The molecule has 0 unspecified atom stereocenters. The Hall–Kier alpha value is -2.02. The number of carbonyl (C=O) groups is 3. The molecule has 1 saturated heterocycles. The van der Waals surface area contributed by atoms with Crippen LogP contribution in [0.15, 0.2) is 21.6 Å². The molecule has 0 aliphatic carbocycles. The maximum atomic E-state index is 11.6. The topological polar surface area (TPSA) is 80.8 Å². The van der Waals surface area contributed by atoms with Gasteiger partial charge in [0.05, 0.1) is 0 Å². The molecule has 2 rings (SSSR count).